The Labute approximate surface area is 217 Å². The Morgan fingerprint density at radius 2 is 1.97 bits per heavy atom. The quantitative estimate of drug-likeness (QED) is 0.235. The molecule has 0 bridgehead atoms. The number of nitrogens with one attached hydrogen (secondary N) is 1. The zero-order valence-corrected chi connectivity index (χ0v) is 21.0. The number of carbonyl (C=O) groups excluding carboxylic acids is 1. The van der Waals surface area contributed by atoms with Gasteiger partial charge < -0.3 is 9.84 Å². The standard InChI is InChI=1S/C28H23ClFN5O2/c1-16-26(17(2)37-35-16)20-6-8-24-22(13-20)27(32-14-18-4-3-5-21(29)12-18)34-28(33-24)25(36)9-7-19-10-11-31-15-23(19)30/h3-6,8,10-13,15H,7,9,14H2,1-2H3,(H,32,33,34). The minimum absolute atomic E-state index is 0.0668. The highest BCUT2D eigenvalue weighted by Gasteiger charge is 2.18. The number of ketones is 1. The van der Waals surface area contributed by atoms with Crippen molar-refractivity contribution in [2.24, 2.45) is 0 Å². The highest BCUT2D eigenvalue weighted by atomic mass is 35.5. The molecule has 5 rings (SSSR count). The Morgan fingerprint density at radius 1 is 1.11 bits per heavy atom. The van der Waals surface area contributed by atoms with Gasteiger partial charge in [0, 0.05) is 35.1 Å². The molecule has 0 amide bonds. The van der Waals surface area contributed by atoms with Crippen LogP contribution >= 0.6 is 11.6 Å². The summed E-state index contributed by atoms with van der Waals surface area (Å²) in [5, 5.41) is 8.78. The number of hydrogen-bond donors (Lipinski definition) is 1. The maximum atomic E-state index is 14.0. The third-order valence-electron chi connectivity index (χ3n) is 6.09. The van der Waals surface area contributed by atoms with Crippen LogP contribution in [-0.2, 0) is 13.0 Å². The van der Waals surface area contributed by atoms with Crippen LogP contribution in [0, 0.1) is 19.7 Å². The summed E-state index contributed by atoms with van der Waals surface area (Å²) in [6, 6.07) is 14.8. The van der Waals surface area contributed by atoms with E-state index >= 15 is 0 Å². The van der Waals surface area contributed by atoms with Gasteiger partial charge in [-0.2, -0.15) is 0 Å². The second kappa shape index (κ2) is 10.4. The summed E-state index contributed by atoms with van der Waals surface area (Å²) in [6.07, 6.45) is 2.94. The maximum Gasteiger partial charge on any atom is 0.200 e. The van der Waals surface area contributed by atoms with Crippen molar-refractivity contribution in [3.8, 4) is 11.1 Å². The van der Waals surface area contributed by atoms with Gasteiger partial charge in [0.25, 0.3) is 0 Å². The molecule has 0 spiro atoms. The zero-order chi connectivity index (χ0) is 25.9. The van der Waals surface area contributed by atoms with E-state index < -0.39 is 5.82 Å². The predicted molar refractivity (Wildman–Crippen MR) is 140 cm³/mol. The molecule has 2 aromatic carbocycles. The highest BCUT2D eigenvalue weighted by Crippen LogP contribution is 2.32. The summed E-state index contributed by atoms with van der Waals surface area (Å²) in [6.45, 7) is 4.19. The van der Waals surface area contributed by atoms with Gasteiger partial charge >= 0.3 is 0 Å². The number of anilines is 1. The molecule has 0 aliphatic carbocycles. The zero-order valence-electron chi connectivity index (χ0n) is 20.3. The van der Waals surface area contributed by atoms with E-state index in [1.165, 1.54) is 6.20 Å². The molecule has 3 aromatic heterocycles. The highest BCUT2D eigenvalue weighted by molar-refractivity contribution is 6.30. The molecule has 0 saturated carbocycles. The molecule has 1 N–H and O–H groups in total. The number of carbonyl (C=O) groups is 1. The Bertz CT molecular complexity index is 1600. The lowest BCUT2D eigenvalue weighted by atomic mass is 10.0. The smallest absolute Gasteiger partial charge is 0.200 e. The third-order valence-corrected chi connectivity index (χ3v) is 6.33. The fraction of sp³-hybridized carbons (Fsp3) is 0.179. The average molecular weight is 516 g/mol. The number of rotatable bonds is 8. The summed E-state index contributed by atoms with van der Waals surface area (Å²) >= 11 is 6.15. The molecule has 5 aromatic rings. The molecular formula is C28H23ClFN5O2. The van der Waals surface area contributed by atoms with E-state index in [0.717, 1.165) is 34.0 Å². The van der Waals surface area contributed by atoms with Crippen LogP contribution in [0.2, 0.25) is 5.02 Å². The summed E-state index contributed by atoms with van der Waals surface area (Å²) < 4.78 is 19.3. The average Bonchev–Trinajstić information content (AvgIpc) is 3.23. The van der Waals surface area contributed by atoms with Gasteiger partial charge in [0.05, 0.1) is 17.4 Å². The maximum absolute atomic E-state index is 14.0. The third kappa shape index (κ3) is 5.34. The number of aromatic nitrogens is 4. The second-order valence-electron chi connectivity index (χ2n) is 8.70. The largest absolute Gasteiger partial charge is 0.365 e. The minimum atomic E-state index is -0.439. The van der Waals surface area contributed by atoms with Gasteiger partial charge in [-0.1, -0.05) is 35.0 Å². The lowest BCUT2D eigenvalue weighted by molar-refractivity contribution is 0.0973. The van der Waals surface area contributed by atoms with Crippen LogP contribution in [0.25, 0.3) is 22.0 Å². The van der Waals surface area contributed by atoms with Gasteiger partial charge in [-0.3, -0.25) is 9.78 Å². The van der Waals surface area contributed by atoms with E-state index in [9.17, 15) is 9.18 Å². The molecule has 0 aliphatic rings. The first kappa shape index (κ1) is 24.5. The second-order valence-corrected chi connectivity index (χ2v) is 9.14. The fourth-order valence-corrected chi connectivity index (χ4v) is 4.45. The number of benzene rings is 2. The summed E-state index contributed by atoms with van der Waals surface area (Å²) in [7, 11) is 0. The van der Waals surface area contributed by atoms with Crippen LogP contribution in [0.3, 0.4) is 0 Å². The molecular weight excluding hydrogens is 493 g/mol. The van der Waals surface area contributed by atoms with Crippen LogP contribution < -0.4 is 5.32 Å². The fourth-order valence-electron chi connectivity index (χ4n) is 4.24. The normalized spacial score (nSPS) is 11.1. The molecule has 9 heteroatoms. The Kier molecular flexibility index (Phi) is 6.92. The molecule has 0 radical (unpaired) electrons. The first-order valence-electron chi connectivity index (χ1n) is 11.7. The van der Waals surface area contributed by atoms with Gasteiger partial charge in [0.15, 0.2) is 11.6 Å². The first-order chi connectivity index (χ1) is 17.9. The number of fused-ring (bicyclic) bond motifs is 1. The van der Waals surface area contributed by atoms with Crippen molar-refractivity contribution in [2.75, 3.05) is 5.32 Å². The van der Waals surface area contributed by atoms with Gasteiger partial charge in [-0.05, 0) is 67.3 Å². The van der Waals surface area contributed by atoms with E-state index in [4.69, 9.17) is 16.1 Å². The Morgan fingerprint density at radius 3 is 2.73 bits per heavy atom. The van der Waals surface area contributed by atoms with Gasteiger partial charge in [-0.15, -0.1) is 0 Å². The Balaban J connectivity index is 1.51. The van der Waals surface area contributed by atoms with Gasteiger partial charge in [-0.25, -0.2) is 14.4 Å². The molecule has 3 heterocycles. The van der Waals surface area contributed by atoms with Crippen molar-refractivity contribution in [3.05, 3.63) is 100 Å². The lowest BCUT2D eigenvalue weighted by Crippen LogP contribution is -2.11. The molecule has 0 fully saturated rings. The lowest BCUT2D eigenvalue weighted by Gasteiger charge is -2.12. The summed E-state index contributed by atoms with van der Waals surface area (Å²) in [5.41, 5.74) is 4.58. The van der Waals surface area contributed by atoms with E-state index in [0.29, 0.717) is 34.2 Å². The minimum Gasteiger partial charge on any atom is -0.365 e. The molecule has 7 nitrogen and oxygen atoms in total. The van der Waals surface area contributed by atoms with Crippen molar-refractivity contribution >= 4 is 34.1 Å². The van der Waals surface area contributed by atoms with Crippen molar-refractivity contribution < 1.29 is 13.7 Å². The molecule has 0 aliphatic heterocycles. The SMILES string of the molecule is Cc1noc(C)c1-c1ccc2nc(C(=O)CCc3ccncc3F)nc(NCc3cccc(Cl)c3)c2c1. The van der Waals surface area contributed by atoms with Gasteiger partial charge in [0.1, 0.15) is 17.4 Å². The summed E-state index contributed by atoms with van der Waals surface area (Å²) in [5.74, 6) is 0.572. The van der Waals surface area contributed by atoms with Crippen LogP contribution in [0.4, 0.5) is 10.2 Å². The van der Waals surface area contributed by atoms with Crippen molar-refractivity contribution in [1.82, 2.24) is 20.1 Å². The topological polar surface area (TPSA) is 93.8 Å². The number of hydrogen-bond acceptors (Lipinski definition) is 7. The van der Waals surface area contributed by atoms with Crippen molar-refractivity contribution in [2.45, 2.75) is 33.2 Å². The van der Waals surface area contributed by atoms with Crippen molar-refractivity contribution in [3.63, 3.8) is 0 Å². The molecule has 0 unspecified atom stereocenters. The molecule has 0 saturated heterocycles. The van der Waals surface area contributed by atoms with E-state index in [-0.39, 0.29) is 24.4 Å². The molecule has 37 heavy (non-hydrogen) atoms. The number of aryl methyl sites for hydroxylation is 3. The number of pyridine rings is 1. The van der Waals surface area contributed by atoms with Crippen LogP contribution in [-0.4, -0.2) is 25.9 Å². The number of Topliss-reactive ketones (excluding diaryl/α,β-unsaturated/α-hetero) is 1. The summed E-state index contributed by atoms with van der Waals surface area (Å²) in [4.78, 5) is 25.9. The van der Waals surface area contributed by atoms with E-state index in [2.05, 4.69) is 25.4 Å². The van der Waals surface area contributed by atoms with Crippen LogP contribution in [0.5, 0.6) is 0 Å². The molecule has 0 atom stereocenters. The van der Waals surface area contributed by atoms with Gasteiger partial charge in [0.2, 0.25) is 0 Å². The van der Waals surface area contributed by atoms with Crippen molar-refractivity contribution in [1.29, 1.82) is 0 Å². The monoisotopic (exact) mass is 515 g/mol. The number of nitrogens with zero attached hydrogens (tertiary/aromatic N) is 4. The van der Waals surface area contributed by atoms with E-state index in [1.54, 1.807) is 6.07 Å². The van der Waals surface area contributed by atoms with E-state index in [1.807, 2.05) is 56.3 Å². The Hall–Kier alpha value is -4.17. The van der Waals surface area contributed by atoms with Crippen LogP contribution in [0.15, 0.2) is 65.4 Å². The first-order valence-corrected chi connectivity index (χ1v) is 12.1. The number of halogens is 2. The molecule has 186 valence electrons. The van der Waals surface area contributed by atoms with Crippen LogP contribution in [0.1, 0.15) is 39.6 Å². The predicted octanol–water partition coefficient (Wildman–Crippen LogP) is 6.52.